The van der Waals surface area contributed by atoms with Crippen LogP contribution >= 0.6 is 68.5 Å². The van der Waals surface area contributed by atoms with E-state index in [4.69, 9.17) is 36.8 Å². The highest BCUT2D eigenvalue weighted by Crippen LogP contribution is 2.35. The first-order valence-corrected chi connectivity index (χ1v) is 29.1. The van der Waals surface area contributed by atoms with E-state index in [0.29, 0.717) is 28.2 Å². The van der Waals surface area contributed by atoms with Crippen molar-refractivity contribution in [1.29, 1.82) is 0 Å². The van der Waals surface area contributed by atoms with Crippen LogP contribution in [0, 0.1) is 18.2 Å². The maximum atomic E-state index is 6.21. The van der Waals surface area contributed by atoms with Crippen molar-refractivity contribution in [3.05, 3.63) is 67.1 Å². The van der Waals surface area contributed by atoms with Crippen LogP contribution in [0.4, 0.5) is 11.6 Å². The van der Waals surface area contributed by atoms with E-state index in [2.05, 4.69) is 135 Å². The Labute approximate surface area is 465 Å². The summed E-state index contributed by atoms with van der Waals surface area (Å²) < 4.78 is 17.1. The molecule has 12 rings (SSSR count). The highest BCUT2D eigenvalue weighted by atomic mass is 127. The number of anilines is 2. The van der Waals surface area contributed by atoms with E-state index < -0.39 is 0 Å². The van der Waals surface area contributed by atoms with Crippen molar-refractivity contribution in [2.75, 3.05) is 62.3 Å². The van der Waals surface area contributed by atoms with Crippen molar-refractivity contribution < 1.29 is 9.47 Å². The number of pyridine rings is 1. The van der Waals surface area contributed by atoms with Crippen LogP contribution in [0.5, 0.6) is 0 Å². The Kier molecular flexibility index (Phi) is 18.1. The second-order valence-electron chi connectivity index (χ2n) is 21.5. The van der Waals surface area contributed by atoms with Gasteiger partial charge >= 0.3 is 0 Å². The van der Waals surface area contributed by atoms with Gasteiger partial charge in [-0.2, -0.15) is 10.2 Å². The van der Waals surface area contributed by atoms with Gasteiger partial charge in [-0.1, -0.05) is 51.1 Å². The molecule has 0 amide bonds. The van der Waals surface area contributed by atoms with Crippen LogP contribution in [0.1, 0.15) is 136 Å². The second kappa shape index (κ2) is 24.3. The molecule has 2 unspecified atom stereocenters. The minimum atomic E-state index is -0.0574. The van der Waals surface area contributed by atoms with Gasteiger partial charge in [0.15, 0.2) is 31.2 Å². The maximum absolute atomic E-state index is 6.21. The third kappa shape index (κ3) is 14.1. The monoisotopic (exact) mass is 1260 g/mol. The summed E-state index contributed by atoms with van der Waals surface area (Å²) in [5, 5.41) is 13.8. The minimum absolute atomic E-state index is 0.00500. The molecule has 22 heteroatoms. The Morgan fingerprint density at radius 3 is 1.78 bits per heavy atom. The van der Waals surface area contributed by atoms with Crippen LogP contribution in [-0.2, 0) is 16.0 Å². The average molecular weight is 1260 g/mol. The molecule has 6 aromatic rings. The molecule has 6 aliphatic rings. The topological polar surface area (TPSA) is 201 Å². The van der Waals surface area contributed by atoms with E-state index in [1.165, 1.54) is 45.2 Å². The summed E-state index contributed by atoms with van der Waals surface area (Å²) in [7, 11) is 0. The van der Waals surface area contributed by atoms with E-state index >= 15 is 0 Å². The maximum Gasteiger partial charge on any atom is 0.182 e. The molecule has 0 aromatic carbocycles. The number of rotatable bonds is 5. The van der Waals surface area contributed by atoms with Crippen LogP contribution in [-0.4, -0.2) is 118 Å². The smallest absolute Gasteiger partial charge is 0.182 e. The van der Waals surface area contributed by atoms with Gasteiger partial charge in [-0.3, -0.25) is 9.98 Å². The molecule has 0 bridgehead atoms. The molecule has 0 aliphatic carbocycles. The first kappa shape index (κ1) is 54.3. The van der Waals surface area contributed by atoms with Gasteiger partial charge in [-0.15, -0.1) is 0 Å². The van der Waals surface area contributed by atoms with E-state index in [1.54, 1.807) is 35.0 Å². The molecule has 2 atom stereocenters. The largest absolute Gasteiger partial charge is 0.356 e. The number of aliphatic imine (C=N–C) groups is 1. The van der Waals surface area contributed by atoms with Gasteiger partial charge in [0.05, 0.1) is 30.8 Å². The second-order valence-corrected chi connectivity index (χ2v) is 25.0. The lowest BCUT2D eigenvalue weighted by molar-refractivity contribution is -0.0373. The fraction of sp³-hybridized carbons (Fsp3) is 0.608. The minimum Gasteiger partial charge on any atom is -0.356 e. The SMILES string of the molecule is CC1(C)CCN(c2cnc3c(I)nn(C4CCCCO4)c3n2)CC1.CC1(C)CCNCC1.CC1(N)CCN(c2cnc3c(n2)CN=C3Sc2ccncc2)CC1.Clc1cnc2c(I)nn(C3CCCCO3)c2n1. The lowest BCUT2D eigenvalue weighted by atomic mass is 9.83. The lowest BCUT2D eigenvalue weighted by Crippen LogP contribution is -2.48. The number of thioether (sulfide) groups is 1. The van der Waals surface area contributed by atoms with Gasteiger partial charge in [0, 0.05) is 62.2 Å². The van der Waals surface area contributed by atoms with Gasteiger partial charge in [0.1, 0.15) is 38.6 Å². The summed E-state index contributed by atoms with van der Waals surface area (Å²) in [6.45, 7) is 20.0. The molecule has 0 spiro atoms. The van der Waals surface area contributed by atoms with Crippen LogP contribution in [0.25, 0.3) is 22.3 Å². The van der Waals surface area contributed by atoms with Gasteiger partial charge in [-0.25, -0.2) is 39.3 Å². The van der Waals surface area contributed by atoms with Crippen LogP contribution < -0.4 is 20.9 Å². The van der Waals surface area contributed by atoms with E-state index in [9.17, 15) is 0 Å². The highest BCUT2D eigenvalue weighted by molar-refractivity contribution is 14.1. The fourth-order valence-corrected chi connectivity index (χ4v) is 11.7. The predicted molar refractivity (Wildman–Crippen MR) is 306 cm³/mol. The highest BCUT2D eigenvalue weighted by Gasteiger charge is 2.30. The zero-order chi connectivity index (χ0) is 51.2. The summed E-state index contributed by atoms with van der Waals surface area (Å²) in [4.78, 5) is 42.0. The Morgan fingerprint density at radius 1 is 0.685 bits per heavy atom. The number of nitrogens with two attached hydrogens (primary N) is 1. The van der Waals surface area contributed by atoms with E-state index in [0.717, 1.165) is 141 Å². The van der Waals surface area contributed by atoms with Crippen molar-refractivity contribution >= 4 is 108 Å². The average Bonchev–Trinajstić information content (AvgIpc) is 4.06. The molecule has 18 nitrogen and oxygen atoms in total. The van der Waals surface area contributed by atoms with Crippen LogP contribution in [0.15, 0.2) is 53.0 Å². The number of aromatic nitrogens is 11. The van der Waals surface area contributed by atoms with Crippen LogP contribution in [0.2, 0.25) is 5.15 Å². The van der Waals surface area contributed by atoms with Gasteiger partial charge < -0.3 is 30.3 Å². The molecule has 0 radical (unpaired) electrons. The molecule has 392 valence electrons. The molecule has 6 aliphatic heterocycles. The van der Waals surface area contributed by atoms with Gasteiger partial charge in [0.25, 0.3) is 0 Å². The molecule has 73 heavy (non-hydrogen) atoms. The third-order valence-electron chi connectivity index (χ3n) is 14.4. The summed E-state index contributed by atoms with van der Waals surface area (Å²) in [6, 6.07) is 3.95. The molecular weight excluding hydrogens is 1190 g/mol. The third-order valence-corrected chi connectivity index (χ3v) is 17.1. The Bertz CT molecular complexity index is 2810. The molecule has 6 aromatic heterocycles. The van der Waals surface area contributed by atoms with E-state index in [-0.39, 0.29) is 18.0 Å². The molecule has 3 N–H and O–H groups in total. The Balaban J connectivity index is 0.000000127. The quantitative estimate of drug-likeness (QED) is 0.154. The first-order chi connectivity index (χ1) is 35.1. The zero-order valence-corrected chi connectivity index (χ0v) is 48.6. The predicted octanol–water partition coefficient (Wildman–Crippen LogP) is 10.2. The number of piperidine rings is 3. The van der Waals surface area contributed by atoms with E-state index in [1.807, 2.05) is 29.2 Å². The first-order valence-electron chi connectivity index (χ1n) is 25.8. The summed E-state index contributed by atoms with van der Waals surface area (Å²) in [6.07, 6.45) is 22.4. The number of hydrogen-bond donors (Lipinski definition) is 2. The molecule has 12 heterocycles. The van der Waals surface area contributed by atoms with Crippen molar-refractivity contribution in [3.8, 4) is 0 Å². The number of nitrogens with zero attached hydrogens (tertiary/aromatic N) is 14. The number of ether oxygens (including phenoxy) is 2. The summed E-state index contributed by atoms with van der Waals surface area (Å²) in [5.41, 5.74) is 12.3. The number of nitrogens with one attached hydrogen (secondary N) is 1. The molecule has 0 saturated carbocycles. The Morgan fingerprint density at radius 2 is 1.22 bits per heavy atom. The number of fused-ring (bicyclic) bond motifs is 3. The van der Waals surface area contributed by atoms with Crippen molar-refractivity contribution in [2.24, 2.45) is 21.6 Å². The van der Waals surface area contributed by atoms with Gasteiger partial charge in [-0.05, 0) is 165 Å². The molecular formula is C51H69ClI2N16O2S. The molecule has 5 saturated heterocycles. The van der Waals surface area contributed by atoms with Crippen molar-refractivity contribution in [1.82, 2.24) is 59.8 Å². The van der Waals surface area contributed by atoms with Crippen LogP contribution in [0.3, 0.4) is 0 Å². The number of hydrogen-bond acceptors (Lipinski definition) is 17. The van der Waals surface area contributed by atoms with Gasteiger partial charge in [0.2, 0.25) is 0 Å². The number of halogens is 3. The molecule has 5 fully saturated rings. The van der Waals surface area contributed by atoms with Crippen molar-refractivity contribution in [2.45, 2.75) is 141 Å². The Hall–Kier alpha value is -3.46. The standard InChI is InChI=1S/C17H24IN5O.C17H20N6S.C10H10ClIN4O.C7H15N/c1-17(2)6-8-22(9-7-17)12-11-19-14-15(18)21-23(16(14)20-12)13-5-3-4-10-24-13;1-17(18)4-8-23(9-5-17)14-11-20-15-13(22-14)10-21-16(15)24-12-2-6-19-7-3-12;11-6-5-13-8-9(12)15-16(10(8)14-6)7-3-1-2-4-17-7;1-7(2)3-5-8-6-4-7/h11,13H,3-10H2,1-2H3;2-3,6-7,11H,4-5,8-10,18H2,1H3;5,7H,1-4H2;8H,3-6H2,1-2H3. The fourth-order valence-electron chi connectivity index (χ4n) is 9.47. The zero-order valence-electron chi connectivity index (χ0n) is 42.7. The summed E-state index contributed by atoms with van der Waals surface area (Å²) >= 11 is 11.9. The van der Waals surface area contributed by atoms with Crippen molar-refractivity contribution in [3.63, 3.8) is 0 Å². The lowest BCUT2D eigenvalue weighted by Gasteiger charge is -2.37. The normalized spacial score (nSPS) is 22.2. The summed E-state index contributed by atoms with van der Waals surface area (Å²) in [5.74, 6) is 1.90.